The molecule has 1 saturated heterocycles. The van der Waals surface area contributed by atoms with Crippen LogP contribution in [0.15, 0.2) is 47.5 Å². The average molecular weight is 451 g/mol. The molecule has 1 fully saturated rings. The number of benzene rings is 2. The number of amidine groups is 1. The van der Waals surface area contributed by atoms with E-state index in [1.807, 2.05) is 0 Å². The van der Waals surface area contributed by atoms with Gasteiger partial charge in [0.15, 0.2) is 12.2 Å². The zero-order chi connectivity index (χ0) is 23.7. The largest absolute Gasteiger partial charge is 0.383 e. The van der Waals surface area contributed by atoms with Crippen molar-refractivity contribution >= 4 is 34.9 Å². The van der Waals surface area contributed by atoms with Gasteiger partial charge in [-0.15, -0.1) is 0 Å². The first-order chi connectivity index (χ1) is 15.8. The second-order valence-corrected chi connectivity index (χ2v) is 8.01. The lowest BCUT2D eigenvalue weighted by Crippen LogP contribution is -2.55. The summed E-state index contributed by atoms with van der Waals surface area (Å²) in [5.74, 6) is -1.20. The first kappa shape index (κ1) is 22.4. The number of aliphatic hydroxyl groups excluding tert-OH is 1. The highest BCUT2D eigenvalue weighted by Crippen LogP contribution is 2.26. The lowest BCUT2D eigenvalue weighted by Gasteiger charge is -2.35. The number of nitrogens with one attached hydrogen (secondary N) is 1. The molecule has 3 amide bonds. The summed E-state index contributed by atoms with van der Waals surface area (Å²) in [7, 11) is 3.24. The number of para-hydroxylation sites is 1. The monoisotopic (exact) mass is 451 g/mol. The molecule has 2 aromatic rings. The number of hydrogen-bond donors (Lipinski definition) is 3. The molecule has 10 heteroatoms. The maximum absolute atomic E-state index is 13.2. The molecular formula is C23H25N5O5. The Balaban J connectivity index is 1.50. The standard InChI is InChI=1S/C23H25N5O5/c1-27(2)22(31)16-5-3-4-6-17(16)28-9-10-33-19(23(28)32)18(29)21(30)26-14-7-8-15-13(11-14)12-25-20(15)24/h3-8,11,18-19,29H,9-10,12H2,1-2H3,(H2,24,25)(H,26,30). The van der Waals surface area contributed by atoms with Crippen molar-refractivity contribution in [2.75, 3.05) is 37.5 Å². The van der Waals surface area contributed by atoms with E-state index in [1.165, 1.54) is 9.80 Å². The Morgan fingerprint density at radius 2 is 2.03 bits per heavy atom. The number of hydrogen-bond acceptors (Lipinski definition) is 7. The predicted octanol–water partition coefficient (Wildman–Crippen LogP) is 0.339. The molecule has 0 radical (unpaired) electrons. The number of carbonyl (C=O) groups excluding carboxylic acids is 3. The van der Waals surface area contributed by atoms with E-state index in [4.69, 9.17) is 10.5 Å². The zero-order valence-corrected chi connectivity index (χ0v) is 18.3. The van der Waals surface area contributed by atoms with Gasteiger partial charge >= 0.3 is 0 Å². The normalized spacial score (nSPS) is 18.4. The third-order valence-corrected chi connectivity index (χ3v) is 5.58. The smallest absolute Gasteiger partial charge is 0.259 e. The molecule has 2 heterocycles. The zero-order valence-electron chi connectivity index (χ0n) is 18.3. The minimum Gasteiger partial charge on any atom is -0.383 e. The van der Waals surface area contributed by atoms with E-state index in [-0.39, 0.29) is 19.1 Å². The Morgan fingerprint density at radius 1 is 1.27 bits per heavy atom. The van der Waals surface area contributed by atoms with Gasteiger partial charge in [-0.25, -0.2) is 0 Å². The number of nitrogens with two attached hydrogens (primary N) is 1. The summed E-state index contributed by atoms with van der Waals surface area (Å²) >= 11 is 0. The molecule has 33 heavy (non-hydrogen) atoms. The Labute approximate surface area is 190 Å². The molecule has 172 valence electrons. The third-order valence-electron chi connectivity index (χ3n) is 5.58. The highest BCUT2D eigenvalue weighted by molar-refractivity contribution is 6.08. The fourth-order valence-electron chi connectivity index (χ4n) is 3.86. The van der Waals surface area contributed by atoms with Gasteiger partial charge in [-0.05, 0) is 35.9 Å². The van der Waals surface area contributed by atoms with Crippen molar-refractivity contribution in [1.82, 2.24) is 4.90 Å². The molecule has 10 nitrogen and oxygen atoms in total. The van der Waals surface area contributed by atoms with Crippen molar-refractivity contribution in [2.45, 2.75) is 18.8 Å². The van der Waals surface area contributed by atoms with E-state index in [0.29, 0.717) is 29.3 Å². The maximum Gasteiger partial charge on any atom is 0.259 e. The number of rotatable bonds is 5. The van der Waals surface area contributed by atoms with Gasteiger partial charge in [-0.1, -0.05) is 12.1 Å². The first-order valence-electron chi connectivity index (χ1n) is 10.4. The number of ether oxygens (including phenoxy) is 1. The van der Waals surface area contributed by atoms with Gasteiger partial charge in [-0.3, -0.25) is 19.4 Å². The van der Waals surface area contributed by atoms with E-state index < -0.39 is 24.0 Å². The van der Waals surface area contributed by atoms with Gasteiger partial charge in [0.1, 0.15) is 5.84 Å². The van der Waals surface area contributed by atoms with Crippen molar-refractivity contribution in [3.05, 3.63) is 59.2 Å². The van der Waals surface area contributed by atoms with Crippen LogP contribution in [0.25, 0.3) is 0 Å². The number of anilines is 2. The number of aliphatic imine (C=N–C) groups is 1. The fourth-order valence-corrected chi connectivity index (χ4v) is 3.86. The minimum atomic E-state index is -1.74. The summed E-state index contributed by atoms with van der Waals surface area (Å²) in [4.78, 5) is 45.4. The molecule has 0 saturated carbocycles. The lowest BCUT2D eigenvalue weighted by atomic mass is 10.1. The second-order valence-electron chi connectivity index (χ2n) is 8.01. The van der Waals surface area contributed by atoms with Gasteiger partial charge in [-0.2, -0.15) is 0 Å². The van der Waals surface area contributed by atoms with Crippen LogP contribution in [-0.2, 0) is 20.9 Å². The Hall–Kier alpha value is -3.76. The third kappa shape index (κ3) is 4.30. The van der Waals surface area contributed by atoms with Crippen molar-refractivity contribution in [3.63, 3.8) is 0 Å². The molecule has 0 aliphatic carbocycles. The quantitative estimate of drug-likeness (QED) is 0.599. The van der Waals surface area contributed by atoms with Crippen LogP contribution in [0.4, 0.5) is 11.4 Å². The molecule has 0 bridgehead atoms. The van der Waals surface area contributed by atoms with E-state index in [0.717, 1.165) is 11.1 Å². The molecule has 2 aromatic carbocycles. The van der Waals surface area contributed by atoms with E-state index >= 15 is 0 Å². The fraction of sp³-hybridized carbons (Fsp3) is 0.304. The molecule has 2 atom stereocenters. The van der Waals surface area contributed by atoms with Crippen molar-refractivity contribution in [3.8, 4) is 0 Å². The van der Waals surface area contributed by atoms with Gasteiger partial charge in [0.25, 0.3) is 17.7 Å². The van der Waals surface area contributed by atoms with Crippen molar-refractivity contribution < 1.29 is 24.2 Å². The SMILES string of the molecule is CN(C)C(=O)c1ccccc1N1CCOC(C(O)C(=O)Nc2ccc3c(c2)CN=C3N)C1=O. The number of morpholine rings is 1. The lowest BCUT2D eigenvalue weighted by molar-refractivity contribution is -0.150. The van der Waals surface area contributed by atoms with Crippen LogP contribution in [0.5, 0.6) is 0 Å². The Morgan fingerprint density at radius 3 is 2.79 bits per heavy atom. The number of amides is 3. The summed E-state index contributed by atoms with van der Waals surface area (Å²) in [5, 5.41) is 13.2. The van der Waals surface area contributed by atoms with Crippen LogP contribution in [0.1, 0.15) is 21.5 Å². The maximum atomic E-state index is 13.2. The topological polar surface area (TPSA) is 138 Å². The summed E-state index contributed by atoms with van der Waals surface area (Å²) in [6, 6.07) is 11.8. The molecule has 2 aliphatic rings. The molecule has 0 aromatic heterocycles. The highest BCUT2D eigenvalue weighted by Gasteiger charge is 2.40. The van der Waals surface area contributed by atoms with Crippen LogP contribution in [0, 0.1) is 0 Å². The molecule has 2 unspecified atom stereocenters. The molecule has 4 N–H and O–H groups in total. The molecule has 4 rings (SSSR count). The highest BCUT2D eigenvalue weighted by atomic mass is 16.5. The first-order valence-corrected chi connectivity index (χ1v) is 10.4. The summed E-state index contributed by atoms with van der Waals surface area (Å²) in [5.41, 5.74) is 8.66. The van der Waals surface area contributed by atoms with Gasteiger partial charge in [0.05, 0.1) is 24.4 Å². The average Bonchev–Trinajstić information content (AvgIpc) is 3.18. The van der Waals surface area contributed by atoms with Crippen LogP contribution in [0.2, 0.25) is 0 Å². The van der Waals surface area contributed by atoms with Gasteiger partial charge < -0.3 is 30.7 Å². The van der Waals surface area contributed by atoms with Crippen LogP contribution in [0.3, 0.4) is 0 Å². The number of nitrogens with zero attached hydrogens (tertiary/aromatic N) is 3. The molecular weight excluding hydrogens is 426 g/mol. The van der Waals surface area contributed by atoms with E-state index in [2.05, 4.69) is 10.3 Å². The van der Waals surface area contributed by atoms with Crippen LogP contribution >= 0.6 is 0 Å². The van der Waals surface area contributed by atoms with Crippen molar-refractivity contribution in [1.29, 1.82) is 0 Å². The van der Waals surface area contributed by atoms with Crippen LogP contribution < -0.4 is 16.0 Å². The summed E-state index contributed by atoms with van der Waals surface area (Å²) in [6.07, 6.45) is -3.15. The predicted molar refractivity (Wildman–Crippen MR) is 122 cm³/mol. The van der Waals surface area contributed by atoms with Crippen LogP contribution in [-0.4, -0.2) is 73.0 Å². The molecule has 0 spiro atoms. The Bertz CT molecular complexity index is 1150. The minimum absolute atomic E-state index is 0.0979. The summed E-state index contributed by atoms with van der Waals surface area (Å²) in [6.45, 7) is 0.700. The summed E-state index contributed by atoms with van der Waals surface area (Å²) < 4.78 is 5.47. The second kappa shape index (κ2) is 9.00. The van der Waals surface area contributed by atoms with Crippen molar-refractivity contribution in [2.24, 2.45) is 10.7 Å². The van der Waals surface area contributed by atoms with E-state index in [9.17, 15) is 19.5 Å². The number of aliphatic hydroxyl groups is 1. The Kier molecular flexibility index (Phi) is 6.12. The molecule has 2 aliphatic heterocycles. The van der Waals surface area contributed by atoms with Gasteiger partial charge in [0.2, 0.25) is 0 Å². The number of fused-ring (bicyclic) bond motifs is 1. The van der Waals surface area contributed by atoms with Gasteiger partial charge in [0, 0.05) is 31.9 Å². The van der Waals surface area contributed by atoms with E-state index in [1.54, 1.807) is 56.6 Å². The number of carbonyl (C=O) groups is 3.